The summed E-state index contributed by atoms with van der Waals surface area (Å²) in [5.41, 5.74) is 0.635. The van der Waals surface area contributed by atoms with Crippen LogP contribution in [0.3, 0.4) is 0 Å². The largest absolute Gasteiger partial charge is 0.366 e. The first-order chi connectivity index (χ1) is 11.5. The second-order valence-corrected chi connectivity index (χ2v) is 6.41. The van der Waals surface area contributed by atoms with E-state index in [2.05, 4.69) is 10.1 Å². The predicted octanol–water partition coefficient (Wildman–Crippen LogP) is 3.08. The zero-order chi connectivity index (χ0) is 17.3. The summed E-state index contributed by atoms with van der Waals surface area (Å²) in [5, 5.41) is 15.6. The van der Waals surface area contributed by atoms with E-state index in [-0.39, 0.29) is 11.6 Å². The molecular weight excluding hydrogens is 334 g/mol. The molecule has 2 heterocycles. The number of rotatable bonds is 4. The van der Waals surface area contributed by atoms with E-state index in [1.54, 1.807) is 17.0 Å². The molecule has 0 amide bonds. The van der Waals surface area contributed by atoms with Crippen LogP contribution in [0.25, 0.3) is 0 Å². The first kappa shape index (κ1) is 16.5. The fraction of sp³-hybridized carbons (Fsp3) is 0.467. The van der Waals surface area contributed by atoms with Crippen LogP contribution in [0, 0.1) is 10.1 Å². The molecule has 1 aliphatic heterocycles. The zero-order valence-electron chi connectivity index (χ0n) is 13.5. The maximum Gasteiger partial charge on any atom is 0.294 e. The van der Waals surface area contributed by atoms with E-state index in [0.29, 0.717) is 35.6 Å². The van der Waals surface area contributed by atoms with Crippen molar-refractivity contribution in [2.75, 3.05) is 37.0 Å². The standard InChI is InChI=1S/C15H18ClN5O3/c1-19(2)15-17-14(24-18-15)10-5-7-20(8-6-10)12-4-3-11(16)9-13(12)21(22)23/h3-4,9-10H,5-8H2,1-2H3. The maximum absolute atomic E-state index is 11.3. The molecule has 0 saturated carbocycles. The minimum Gasteiger partial charge on any atom is -0.366 e. The van der Waals surface area contributed by atoms with Crippen LogP contribution in [0.4, 0.5) is 17.3 Å². The minimum absolute atomic E-state index is 0.0358. The molecule has 0 unspecified atom stereocenters. The Morgan fingerprint density at radius 1 is 1.38 bits per heavy atom. The number of aromatic nitrogens is 2. The molecule has 0 bridgehead atoms. The molecule has 0 N–H and O–H groups in total. The minimum atomic E-state index is -0.394. The van der Waals surface area contributed by atoms with Crippen LogP contribution in [0.5, 0.6) is 0 Å². The maximum atomic E-state index is 11.3. The summed E-state index contributed by atoms with van der Waals surface area (Å²) < 4.78 is 5.34. The van der Waals surface area contributed by atoms with Gasteiger partial charge in [0.2, 0.25) is 5.89 Å². The Kier molecular flexibility index (Phi) is 4.57. The van der Waals surface area contributed by atoms with Crippen molar-refractivity contribution in [3.05, 3.63) is 39.2 Å². The van der Waals surface area contributed by atoms with Gasteiger partial charge in [0.15, 0.2) is 0 Å². The van der Waals surface area contributed by atoms with Gasteiger partial charge in [0, 0.05) is 44.2 Å². The molecule has 0 aliphatic carbocycles. The van der Waals surface area contributed by atoms with Gasteiger partial charge in [-0.25, -0.2) is 0 Å². The van der Waals surface area contributed by atoms with E-state index in [0.717, 1.165) is 12.8 Å². The normalized spacial score (nSPS) is 15.5. The van der Waals surface area contributed by atoms with Crippen molar-refractivity contribution >= 4 is 28.9 Å². The number of benzene rings is 1. The number of nitro groups is 1. The summed E-state index contributed by atoms with van der Waals surface area (Å²) in [6, 6.07) is 4.78. The molecule has 1 fully saturated rings. The van der Waals surface area contributed by atoms with Crippen molar-refractivity contribution in [3.63, 3.8) is 0 Å². The van der Waals surface area contributed by atoms with E-state index >= 15 is 0 Å². The SMILES string of the molecule is CN(C)c1noc(C2CCN(c3ccc(Cl)cc3[N+](=O)[O-])CC2)n1. The van der Waals surface area contributed by atoms with Gasteiger partial charge < -0.3 is 14.3 Å². The van der Waals surface area contributed by atoms with Crippen molar-refractivity contribution in [1.82, 2.24) is 10.1 Å². The number of anilines is 2. The van der Waals surface area contributed by atoms with Crippen LogP contribution in [-0.2, 0) is 0 Å². The Morgan fingerprint density at radius 2 is 2.08 bits per heavy atom. The smallest absolute Gasteiger partial charge is 0.294 e. The van der Waals surface area contributed by atoms with Gasteiger partial charge in [-0.15, -0.1) is 0 Å². The molecule has 9 heteroatoms. The van der Waals surface area contributed by atoms with Gasteiger partial charge in [-0.1, -0.05) is 11.6 Å². The summed E-state index contributed by atoms with van der Waals surface area (Å²) in [5.74, 6) is 1.36. The summed E-state index contributed by atoms with van der Waals surface area (Å²) in [6.45, 7) is 1.37. The molecule has 8 nitrogen and oxygen atoms in total. The first-order valence-corrected chi connectivity index (χ1v) is 8.03. The van der Waals surface area contributed by atoms with Crippen molar-refractivity contribution < 1.29 is 9.45 Å². The lowest BCUT2D eigenvalue weighted by atomic mass is 9.96. The molecule has 24 heavy (non-hydrogen) atoms. The number of hydrogen-bond acceptors (Lipinski definition) is 7. The molecule has 1 saturated heterocycles. The van der Waals surface area contributed by atoms with E-state index in [4.69, 9.17) is 16.1 Å². The number of hydrogen-bond donors (Lipinski definition) is 0. The third-order valence-corrected chi connectivity index (χ3v) is 4.39. The Bertz CT molecular complexity index is 740. The Labute approximate surface area is 144 Å². The Morgan fingerprint density at radius 3 is 2.67 bits per heavy atom. The highest BCUT2D eigenvalue weighted by Crippen LogP contribution is 2.35. The first-order valence-electron chi connectivity index (χ1n) is 7.65. The number of piperidine rings is 1. The van der Waals surface area contributed by atoms with Crippen LogP contribution in [-0.4, -0.2) is 42.2 Å². The molecule has 0 radical (unpaired) electrons. The van der Waals surface area contributed by atoms with Crippen LogP contribution in [0.2, 0.25) is 5.02 Å². The molecule has 1 aliphatic rings. The fourth-order valence-electron chi connectivity index (χ4n) is 2.85. The molecular formula is C15H18ClN5O3. The molecule has 2 aromatic rings. The summed E-state index contributed by atoms with van der Waals surface area (Å²) in [7, 11) is 3.72. The Hall–Kier alpha value is -2.35. The molecule has 1 aromatic heterocycles. The Balaban J connectivity index is 1.72. The van der Waals surface area contributed by atoms with Gasteiger partial charge in [-0.3, -0.25) is 10.1 Å². The summed E-state index contributed by atoms with van der Waals surface area (Å²) in [6.07, 6.45) is 1.60. The lowest BCUT2D eigenvalue weighted by molar-refractivity contribution is -0.384. The predicted molar refractivity (Wildman–Crippen MR) is 90.9 cm³/mol. The van der Waals surface area contributed by atoms with Crippen molar-refractivity contribution in [2.45, 2.75) is 18.8 Å². The van der Waals surface area contributed by atoms with Gasteiger partial charge in [-0.2, -0.15) is 4.98 Å². The van der Waals surface area contributed by atoms with Crippen LogP contribution in [0.15, 0.2) is 22.7 Å². The van der Waals surface area contributed by atoms with Crippen molar-refractivity contribution in [1.29, 1.82) is 0 Å². The molecule has 0 atom stereocenters. The van der Waals surface area contributed by atoms with Crippen LogP contribution >= 0.6 is 11.6 Å². The zero-order valence-corrected chi connectivity index (χ0v) is 14.2. The highest BCUT2D eigenvalue weighted by atomic mass is 35.5. The van der Waals surface area contributed by atoms with E-state index in [1.165, 1.54) is 6.07 Å². The van der Waals surface area contributed by atoms with Crippen molar-refractivity contribution in [2.24, 2.45) is 0 Å². The summed E-state index contributed by atoms with van der Waals surface area (Å²) >= 11 is 5.88. The third-order valence-electron chi connectivity index (χ3n) is 4.15. The lowest BCUT2D eigenvalue weighted by Crippen LogP contribution is -2.33. The average molecular weight is 352 g/mol. The van der Waals surface area contributed by atoms with E-state index in [1.807, 2.05) is 19.0 Å². The van der Waals surface area contributed by atoms with Gasteiger partial charge in [0.1, 0.15) is 5.69 Å². The van der Waals surface area contributed by atoms with Crippen LogP contribution in [0.1, 0.15) is 24.7 Å². The van der Waals surface area contributed by atoms with Gasteiger partial charge in [0.05, 0.1) is 4.92 Å². The topological polar surface area (TPSA) is 88.5 Å². The number of halogens is 1. The molecule has 3 rings (SSSR count). The van der Waals surface area contributed by atoms with Crippen LogP contribution < -0.4 is 9.80 Å². The average Bonchev–Trinajstić information content (AvgIpc) is 3.05. The quantitative estimate of drug-likeness (QED) is 0.617. The summed E-state index contributed by atoms with van der Waals surface area (Å²) in [4.78, 5) is 19.0. The molecule has 1 aromatic carbocycles. The van der Waals surface area contributed by atoms with Gasteiger partial charge in [-0.05, 0) is 30.1 Å². The van der Waals surface area contributed by atoms with Gasteiger partial charge >= 0.3 is 0 Å². The number of nitrogens with zero attached hydrogens (tertiary/aromatic N) is 5. The van der Waals surface area contributed by atoms with E-state index in [9.17, 15) is 10.1 Å². The van der Waals surface area contributed by atoms with Crippen molar-refractivity contribution in [3.8, 4) is 0 Å². The molecule has 128 valence electrons. The number of nitro benzene ring substituents is 1. The third kappa shape index (κ3) is 3.28. The van der Waals surface area contributed by atoms with E-state index < -0.39 is 4.92 Å². The highest BCUT2D eigenvalue weighted by molar-refractivity contribution is 6.30. The highest BCUT2D eigenvalue weighted by Gasteiger charge is 2.28. The molecule has 0 spiro atoms. The monoisotopic (exact) mass is 351 g/mol. The fourth-order valence-corrected chi connectivity index (χ4v) is 3.02. The van der Waals surface area contributed by atoms with Gasteiger partial charge in [0.25, 0.3) is 11.6 Å². The second-order valence-electron chi connectivity index (χ2n) is 5.98. The lowest BCUT2D eigenvalue weighted by Gasteiger charge is -2.31. The second kappa shape index (κ2) is 6.64.